The van der Waals surface area contributed by atoms with E-state index >= 15 is 0 Å². The average molecular weight is 393 g/mol. The number of amides is 2. The monoisotopic (exact) mass is 392 g/mol. The van der Waals surface area contributed by atoms with Crippen LogP contribution in [0.25, 0.3) is 10.8 Å². The van der Waals surface area contributed by atoms with E-state index in [9.17, 15) is 9.59 Å². The number of nitrogens with one attached hydrogen (secondary N) is 2. The molecule has 1 unspecified atom stereocenters. The van der Waals surface area contributed by atoms with Crippen molar-refractivity contribution in [3.05, 3.63) is 71.8 Å². The molecule has 3 aromatic carbocycles. The van der Waals surface area contributed by atoms with Crippen LogP contribution in [0, 0.1) is 13.8 Å². The van der Waals surface area contributed by atoms with Crippen LogP contribution in [0.15, 0.2) is 65.6 Å². The fourth-order valence-electron chi connectivity index (χ4n) is 3.00. The maximum absolute atomic E-state index is 12.4. The standard InChI is InChI=1S/C23H24N2O2S/c1-15-7-6-8-16(2)22(15)25-21(26)14-24-23(27)17(3)28-20-12-11-18-9-4-5-10-19(18)13-20/h4-13,17H,14H2,1-3H3,(H,24,27)(H,25,26). The van der Waals surface area contributed by atoms with Crippen LogP contribution in [0.5, 0.6) is 0 Å². The summed E-state index contributed by atoms with van der Waals surface area (Å²) in [5, 5.41) is 7.63. The van der Waals surface area contributed by atoms with Crippen LogP contribution >= 0.6 is 11.8 Å². The van der Waals surface area contributed by atoms with E-state index in [2.05, 4.69) is 34.9 Å². The van der Waals surface area contributed by atoms with Crippen LogP contribution in [0.2, 0.25) is 0 Å². The number of benzene rings is 3. The van der Waals surface area contributed by atoms with Gasteiger partial charge in [-0.15, -0.1) is 11.8 Å². The Hall–Kier alpha value is -2.79. The molecule has 0 heterocycles. The highest BCUT2D eigenvalue weighted by molar-refractivity contribution is 8.00. The Balaban J connectivity index is 1.54. The summed E-state index contributed by atoms with van der Waals surface area (Å²) in [6.07, 6.45) is 0. The number of carbonyl (C=O) groups is 2. The first kappa shape index (κ1) is 20.0. The van der Waals surface area contributed by atoms with Gasteiger partial charge in [-0.05, 0) is 54.8 Å². The first-order valence-electron chi connectivity index (χ1n) is 9.23. The van der Waals surface area contributed by atoms with Gasteiger partial charge >= 0.3 is 0 Å². The summed E-state index contributed by atoms with van der Waals surface area (Å²) in [5.74, 6) is -0.386. The van der Waals surface area contributed by atoms with E-state index < -0.39 is 0 Å². The van der Waals surface area contributed by atoms with Gasteiger partial charge in [0, 0.05) is 10.6 Å². The van der Waals surface area contributed by atoms with Crippen molar-refractivity contribution in [1.82, 2.24) is 5.32 Å². The number of thioether (sulfide) groups is 1. The lowest BCUT2D eigenvalue weighted by atomic mass is 10.1. The van der Waals surface area contributed by atoms with Gasteiger partial charge < -0.3 is 10.6 Å². The molecule has 3 aromatic rings. The maximum Gasteiger partial charge on any atom is 0.243 e. The number of hydrogen-bond acceptors (Lipinski definition) is 3. The van der Waals surface area contributed by atoms with Crippen molar-refractivity contribution in [2.24, 2.45) is 0 Å². The topological polar surface area (TPSA) is 58.2 Å². The predicted molar refractivity (Wildman–Crippen MR) is 117 cm³/mol. The summed E-state index contributed by atoms with van der Waals surface area (Å²) < 4.78 is 0. The Kier molecular flexibility index (Phi) is 6.37. The Bertz CT molecular complexity index is 996. The highest BCUT2D eigenvalue weighted by Crippen LogP contribution is 2.27. The molecule has 0 aliphatic rings. The maximum atomic E-state index is 12.4. The molecule has 28 heavy (non-hydrogen) atoms. The second-order valence-electron chi connectivity index (χ2n) is 6.80. The van der Waals surface area contributed by atoms with Crippen LogP contribution in [-0.4, -0.2) is 23.6 Å². The van der Waals surface area contributed by atoms with Crippen molar-refractivity contribution in [2.45, 2.75) is 30.9 Å². The smallest absolute Gasteiger partial charge is 0.243 e. The van der Waals surface area contributed by atoms with Gasteiger partial charge in [-0.2, -0.15) is 0 Å². The normalized spacial score (nSPS) is 11.8. The molecule has 3 rings (SSSR count). The second kappa shape index (κ2) is 8.93. The average Bonchev–Trinajstić information content (AvgIpc) is 2.69. The van der Waals surface area contributed by atoms with E-state index in [1.54, 1.807) is 0 Å². The van der Waals surface area contributed by atoms with Crippen LogP contribution in [0.1, 0.15) is 18.1 Å². The molecule has 1 atom stereocenters. The molecule has 0 saturated heterocycles. The van der Waals surface area contributed by atoms with Gasteiger partial charge in [0.25, 0.3) is 0 Å². The van der Waals surface area contributed by atoms with E-state index in [1.165, 1.54) is 17.1 Å². The first-order valence-corrected chi connectivity index (χ1v) is 10.1. The second-order valence-corrected chi connectivity index (χ2v) is 8.22. The highest BCUT2D eigenvalue weighted by atomic mass is 32.2. The Morgan fingerprint density at radius 2 is 1.61 bits per heavy atom. The molecule has 0 aromatic heterocycles. The van der Waals surface area contributed by atoms with Gasteiger partial charge in [-0.1, -0.05) is 48.5 Å². The zero-order valence-corrected chi connectivity index (χ0v) is 17.1. The number of hydrogen-bond donors (Lipinski definition) is 2. The highest BCUT2D eigenvalue weighted by Gasteiger charge is 2.16. The predicted octanol–water partition coefficient (Wildman–Crippen LogP) is 4.69. The van der Waals surface area contributed by atoms with E-state index in [1.807, 2.05) is 57.2 Å². The number of fused-ring (bicyclic) bond motifs is 1. The molecule has 144 valence electrons. The van der Waals surface area contributed by atoms with Gasteiger partial charge in [-0.3, -0.25) is 9.59 Å². The van der Waals surface area contributed by atoms with Crippen LogP contribution in [-0.2, 0) is 9.59 Å². The lowest BCUT2D eigenvalue weighted by Gasteiger charge is -2.14. The van der Waals surface area contributed by atoms with Crippen molar-refractivity contribution in [2.75, 3.05) is 11.9 Å². The Morgan fingerprint density at radius 1 is 0.929 bits per heavy atom. The first-order chi connectivity index (χ1) is 13.4. The molecule has 0 bridgehead atoms. The fourth-order valence-corrected chi connectivity index (χ4v) is 3.94. The third-order valence-corrected chi connectivity index (χ3v) is 5.67. The number of anilines is 1. The summed E-state index contributed by atoms with van der Waals surface area (Å²) >= 11 is 1.48. The van der Waals surface area contributed by atoms with Gasteiger partial charge in [-0.25, -0.2) is 0 Å². The van der Waals surface area contributed by atoms with Crippen molar-refractivity contribution < 1.29 is 9.59 Å². The minimum atomic E-state index is -0.297. The summed E-state index contributed by atoms with van der Waals surface area (Å²) in [6, 6.07) is 20.1. The van der Waals surface area contributed by atoms with Crippen molar-refractivity contribution in [3.63, 3.8) is 0 Å². The summed E-state index contributed by atoms with van der Waals surface area (Å²) in [5.41, 5.74) is 2.81. The molecule has 2 N–H and O–H groups in total. The van der Waals surface area contributed by atoms with Crippen molar-refractivity contribution >= 4 is 40.0 Å². The minimum Gasteiger partial charge on any atom is -0.346 e. The number of aryl methyl sites for hydroxylation is 2. The van der Waals surface area contributed by atoms with Gasteiger partial charge in [0.1, 0.15) is 0 Å². The van der Waals surface area contributed by atoms with Gasteiger partial charge in [0.05, 0.1) is 11.8 Å². The largest absolute Gasteiger partial charge is 0.346 e. The van der Waals surface area contributed by atoms with Crippen LogP contribution in [0.3, 0.4) is 0 Å². The molecule has 0 saturated carbocycles. The van der Waals surface area contributed by atoms with Crippen LogP contribution < -0.4 is 10.6 Å². The lowest BCUT2D eigenvalue weighted by molar-refractivity contribution is -0.123. The molecule has 0 aliphatic carbocycles. The quantitative estimate of drug-likeness (QED) is 0.598. The SMILES string of the molecule is Cc1cccc(C)c1NC(=O)CNC(=O)C(C)Sc1ccc2ccccc2c1. The molecule has 4 nitrogen and oxygen atoms in total. The number of para-hydroxylation sites is 1. The van der Waals surface area contributed by atoms with Crippen LogP contribution in [0.4, 0.5) is 5.69 Å². The molecule has 0 aliphatic heterocycles. The molecular weight excluding hydrogens is 368 g/mol. The summed E-state index contributed by atoms with van der Waals surface area (Å²) in [4.78, 5) is 25.6. The summed E-state index contributed by atoms with van der Waals surface area (Å²) in [6.45, 7) is 5.70. The molecule has 0 fully saturated rings. The third kappa shape index (κ3) is 4.93. The van der Waals surface area contributed by atoms with E-state index in [-0.39, 0.29) is 23.6 Å². The molecule has 0 spiro atoms. The summed E-state index contributed by atoms with van der Waals surface area (Å²) in [7, 11) is 0. The van der Waals surface area contributed by atoms with E-state index in [4.69, 9.17) is 0 Å². The van der Waals surface area contributed by atoms with Crippen molar-refractivity contribution in [1.29, 1.82) is 0 Å². The van der Waals surface area contributed by atoms with E-state index in [0.29, 0.717) is 0 Å². The van der Waals surface area contributed by atoms with E-state index in [0.717, 1.165) is 27.1 Å². The molecule has 2 amide bonds. The third-order valence-electron chi connectivity index (χ3n) is 4.57. The zero-order valence-electron chi connectivity index (χ0n) is 16.3. The lowest BCUT2D eigenvalue weighted by Crippen LogP contribution is -2.37. The Labute approximate surface area is 169 Å². The zero-order chi connectivity index (χ0) is 20.1. The van der Waals surface area contributed by atoms with Gasteiger partial charge in [0.15, 0.2) is 0 Å². The van der Waals surface area contributed by atoms with Crippen molar-refractivity contribution in [3.8, 4) is 0 Å². The number of rotatable bonds is 6. The minimum absolute atomic E-state index is 0.0464. The fraction of sp³-hybridized carbons (Fsp3) is 0.217. The molecule has 5 heteroatoms. The van der Waals surface area contributed by atoms with Gasteiger partial charge in [0.2, 0.25) is 11.8 Å². The Morgan fingerprint density at radius 3 is 2.32 bits per heavy atom. The molecular formula is C23H24N2O2S. The number of carbonyl (C=O) groups excluding carboxylic acids is 2. The molecule has 0 radical (unpaired) electrons.